The molecule has 1 N–H and O–H groups in total. The summed E-state index contributed by atoms with van der Waals surface area (Å²) in [6.45, 7) is 5.48. The van der Waals surface area contributed by atoms with Crippen LogP contribution in [0.5, 0.6) is 0 Å². The molecule has 1 aliphatic rings. The van der Waals surface area contributed by atoms with Crippen LogP contribution in [0.1, 0.15) is 17.9 Å². The van der Waals surface area contributed by atoms with E-state index in [2.05, 4.69) is 24.9 Å². The molecule has 1 fully saturated rings. The highest BCUT2D eigenvalue weighted by atomic mass is 16.3. The molecule has 3 aromatic heterocycles. The number of piperazine rings is 1. The van der Waals surface area contributed by atoms with Crippen molar-refractivity contribution in [2.75, 3.05) is 31.1 Å². The Morgan fingerprint density at radius 1 is 1.31 bits per heavy atom. The maximum atomic E-state index is 9.53. The van der Waals surface area contributed by atoms with Crippen molar-refractivity contribution in [2.24, 2.45) is 7.05 Å². The van der Waals surface area contributed by atoms with Crippen molar-refractivity contribution in [3.05, 3.63) is 36.2 Å². The maximum Gasteiger partial charge on any atom is 0.163 e. The zero-order chi connectivity index (χ0) is 18.1. The van der Waals surface area contributed by atoms with Gasteiger partial charge in [0.2, 0.25) is 0 Å². The Morgan fingerprint density at radius 2 is 2.19 bits per heavy atom. The smallest absolute Gasteiger partial charge is 0.163 e. The lowest BCUT2D eigenvalue weighted by molar-refractivity contribution is 0.127. The van der Waals surface area contributed by atoms with Crippen LogP contribution < -0.4 is 4.90 Å². The highest BCUT2D eigenvalue weighted by Gasteiger charge is 2.29. The van der Waals surface area contributed by atoms with Crippen molar-refractivity contribution in [3.8, 4) is 0 Å². The predicted molar refractivity (Wildman–Crippen MR) is 97.9 cm³/mol. The third kappa shape index (κ3) is 3.06. The molecular formula is C18H24N6O2. The molecule has 1 saturated heterocycles. The van der Waals surface area contributed by atoms with Crippen LogP contribution in [0.4, 0.5) is 5.82 Å². The largest absolute Gasteiger partial charge is 0.468 e. The van der Waals surface area contributed by atoms with Gasteiger partial charge in [0.05, 0.1) is 23.9 Å². The Labute approximate surface area is 152 Å². The highest BCUT2D eigenvalue weighted by Crippen LogP contribution is 2.28. The number of rotatable bonds is 5. The molecule has 26 heavy (non-hydrogen) atoms. The molecule has 0 aliphatic carbocycles. The lowest BCUT2D eigenvalue weighted by atomic mass is 10.1. The molecule has 1 aliphatic heterocycles. The minimum absolute atomic E-state index is 0.165. The standard InChI is InChI=1S/C18H24N6O2/c1-13-16-17(22(2)21-13)19-12-20-18(16)24-7-6-23(14(10-24)5-8-25)11-15-4-3-9-26-15/h3-4,9,12,14,25H,5-8,10-11H2,1-2H3/t14-/m0/s1. The first kappa shape index (κ1) is 17.0. The number of anilines is 1. The van der Waals surface area contributed by atoms with E-state index < -0.39 is 0 Å². The van der Waals surface area contributed by atoms with Crippen LogP contribution in [0.2, 0.25) is 0 Å². The molecule has 0 saturated carbocycles. The van der Waals surface area contributed by atoms with Gasteiger partial charge in [0.15, 0.2) is 5.65 Å². The van der Waals surface area contributed by atoms with Crippen molar-refractivity contribution in [2.45, 2.75) is 25.9 Å². The number of aryl methyl sites for hydroxylation is 2. The van der Waals surface area contributed by atoms with Gasteiger partial charge in [-0.05, 0) is 25.5 Å². The van der Waals surface area contributed by atoms with Gasteiger partial charge in [0.25, 0.3) is 0 Å². The van der Waals surface area contributed by atoms with Crippen LogP contribution in [0.15, 0.2) is 29.1 Å². The molecule has 0 aromatic carbocycles. The Bertz CT molecular complexity index is 875. The first-order valence-corrected chi connectivity index (χ1v) is 8.94. The monoisotopic (exact) mass is 356 g/mol. The molecule has 0 radical (unpaired) electrons. The number of aliphatic hydroxyl groups is 1. The summed E-state index contributed by atoms with van der Waals surface area (Å²) < 4.78 is 7.30. The molecule has 0 spiro atoms. The van der Waals surface area contributed by atoms with Gasteiger partial charge in [0, 0.05) is 39.3 Å². The third-order valence-corrected chi connectivity index (χ3v) is 5.08. The summed E-state index contributed by atoms with van der Waals surface area (Å²) in [6, 6.07) is 4.14. The van der Waals surface area contributed by atoms with Crippen molar-refractivity contribution in [3.63, 3.8) is 0 Å². The summed E-state index contributed by atoms with van der Waals surface area (Å²) in [6.07, 6.45) is 4.03. The molecule has 8 nitrogen and oxygen atoms in total. The van der Waals surface area contributed by atoms with E-state index in [1.54, 1.807) is 17.3 Å². The van der Waals surface area contributed by atoms with Crippen LogP contribution in [-0.4, -0.2) is 62.0 Å². The van der Waals surface area contributed by atoms with E-state index in [9.17, 15) is 5.11 Å². The average molecular weight is 356 g/mol. The van der Waals surface area contributed by atoms with E-state index in [0.717, 1.165) is 60.9 Å². The molecule has 138 valence electrons. The van der Waals surface area contributed by atoms with Gasteiger partial charge in [-0.15, -0.1) is 0 Å². The Hall–Kier alpha value is -2.45. The summed E-state index contributed by atoms with van der Waals surface area (Å²) in [5, 5.41) is 15.0. The zero-order valence-electron chi connectivity index (χ0n) is 15.2. The minimum atomic E-state index is 0.165. The predicted octanol–water partition coefficient (Wildman–Crippen LogP) is 1.34. The summed E-state index contributed by atoms with van der Waals surface area (Å²) in [5.74, 6) is 1.88. The Kier molecular flexibility index (Phi) is 4.60. The van der Waals surface area contributed by atoms with Gasteiger partial charge >= 0.3 is 0 Å². The molecule has 4 rings (SSSR count). The van der Waals surface area contributed by atoms with E-state index in [4.69, 9.17) is 4.42 Å². The molecule has 1 atom stereocenters. The van der Waals surface area contributed by atoms with Crippen LogP contribution in [0.3, 0.4) is 0 Å². The Balaban J connectivity index is 1.60. The second-order valence-corrected chi connectivity index (χ2v) is 6.77. The first-order chi connectivity index (χ1) is 12.7. The number of nitrogens with zero attached hydrogens (tertiary/aromatic N) is 6. The maximum absolute atomic E-state index is 9.53. The normalized spacial score (nSPS) is 18.7. The Morgan fingerprint density at radius 3 is 2.96 bits per heavy atom. The van der Waals surface area contributed by atoms with Gasteiger partial charge in [-0.1, -0.05) is 0 Å². The number of aliphatic hydroxyl groups excluding tert-OH is 1. The highest BCUT2D eigenvalue weighted by molar-refractivity contribution is 5.89. The number of hydrogen-bond acceptors (Lipinski definition) is 7. The topological polar surface area (TPSA) is 83.5 Å². The summed E-state index contributed by atoms with van der Waals surface area (Å²) >= 11 is 0. The van der Waals surface area contributed by atoms with Gasteiger partial charge in [0.1, 0.15) is 17.9 Å². The fourth-order valence-corrected chi connectivity index (χ4v) is 3.82. The quantitative estimate of drug-likeness (QED) is 0.738. The molecule has 8 heteroatoms. The fraction of sp³-hybridized carbons (Fsp3) is 0.500. The summed E-state index contributed by atoms with van der Waals surface area (Å²) in [7, 11) is 1.90. The molecule has 0 amide bonds. The number of furan rings is 1. The number of fused-ring (bicyclic) bond motifs is 1. The molecule has 4 heterocycles. The number of hydrogen-bond donors (Lipinski definition) is 1. The van der Waals surface area contributed by atoms with Gasteiger partial charge < -0.3 is 14.4 Å². The molecule has 0 bridgehead atoms. The van der Waals surface area contributed by atoms with Gasteiger partial charge in [-0.3, -0.25) is 9.58 Å². The molecule has 0 unspecified atom stereocenters. The van der Waals surface area contributed by atoms with E-state index in [-0.39, 0.29) is 12.6 Å². The van der Waals surface area contributed by atoms with Crippen molar-refractivity contribution >= 4 is 16.9 Å². The minimum Gasteiger partial charge on any atom is -0.468 e. The van der Waals surface area contributed by atoms with Gasteiger partial charge in [-0.25, -0.2) is 9.97 Å². The van der Waals surface area contributed by atoms with E-state index in [1.807, 2.05) is 26.1 Å². The van der Waals surface area contributed by atoms with Crippen LogP contribution >= 0.6 is 0 Å². The average Bonchev–Trinajstić information content (AvgIpc) is 3.25. The summed E-state index contributed by atoms with van der Waals surface area (Å²) in [4.78, 5) is 13.6. The molecule has 3 aromatic rings. The van der Waals surface area contributed by atoms with Crippen LogP contribution in [0, 0.1) is 6.92 Å². The van der Waals surface area contributed by atoms with Crippen molar-refractivity contribution in [1.82, 2.24) is 24.6 Å². The van der Waals surface area contributed by atoms with Crippen molar-refractivity contribution < 1.29 is 9.52 Å². The number of aromatic nitrogens is 4. The second kappa shape index (κ2) is 7.05. The van der Waals surface area contributed by atoms with Crippen LogP contribution in [0.25, 0.3) is 11.0 Å². The van der Waals surface area contributed by atoms with E-state index in [0.29, 0.717) is 0 Å². The van der Waals surface area contributed by atoms with Crippen molar-refractivity contribution in [1.29, 1.82) is 0 Å². The van der Waals surface area contributed by atoms with E-state index >= 15 is 0 Å². The fourth-order valence-electron chi connectivity index (χ4n) is 3.82. The van der Waals surface area contributed by atoms with Gasteiger partial charge in [-0.2, -0.15) is 5.10 Å². The summed E-state index contributed by atoms with van der Waals surface area (Å²) in [5.41, 5.74) is 1.79. The SMILES string of the molecule is Cc1nn(C)c2ncnc(N3CCN(Cc4ccco4)[C@@H](CCO)C3)c12. The second-order valence-electron chi connectivity index (χ2n) is 6.77. The van der Waals surface area contributed by atoms with E-state index in [1.165, 1.54) is 0 Å². The zero-order valence-corrected chi connectivity index (χ0v) is 15.2. The van der Waals surface area contributed by atoms with Crippen LogP contribution in [-0.2, 0) is 13.6 Å². The third-order valence-electron chi connectivity index (χ3n) is 5.08. The molecular weight excluding hydrogens is 332 g/mol. The lowest BCUT2D eigenvalue weighted by Crippen LogP contribution is -2.53. The lowest BCUT2D eigenvalue weighted by Gasteiger charge is -2.41. The first-order valence-electron chi connectivity index (χ1n) is 8.94.